The van der Waals surface area contributed by atoms with Gasteiger partial charge in [0.2, 0.25) is 5.91 Å². The van der Waals surface area contributed by atoms with Gasteiger partial charge in [0.15, 0.2) is 0 Å². The minimum Gasteiger partial charge on any atom is -0.373 e. The Labute approximate surface area is 124 Å². The van der Waals surface area contributed by atoms with Crippen LogP contribution in [0.25, 0.3) is 0 Å². The summed E-state index contributed by atoms with van der Waals surface area (Å²) in [4.78, 5) is 12.4. The summed E-state index contributed by atoms with van der Waals surface area (Å²) in [5, 5.41) is 6.52. The maximum absolute atomic E-state index is 12.4. The van der Waals surface area contributed by atoms with Gasteiger partial charge in [0.25, 0.3) is 0 Å². The molecule has 0 unspecified atom stereocenters. The molecule has 2 aromatic carbocycles. The molecule has 1 heterocycles. The van der Waals surface area contributed by atoms with Crippen LogP contribution < -0.4 is 10.6 Å². The van der Waals surface area contributed by atoms with Crippen molar-refractivity contribution in [2.24, 2.45) is 0 Å². The number of fused-ring (bicyclic) bond motifs is 2. The van der Waals surface area contributed by atoms with Crippen LogP contribution in [-0.4, -0.2) is 18.0 Å². The molecule has 0 spiro atoms. The van der Waals surface area contributed by atoms with Crippen molar-refractivity contribution < 1.29 is 4.79 Å². The number of hydrogen-bond acceptors (Lipinski definition) is 2. The Morgan fingerprint density at radius 2 is 1.52 bits per heavy atom. The number of anilines is 1. The van der Waals surface area contributed by atoms with Gasteiger partial charge in [-0.05, 0) is 35.6 Å². The third-order valence-electron chi connectivity index (χ3n) is 4.49. The van der Waals surface area contributed by atoms with Gasteiger partial charge in [-0.2, -0.15) is 0 Å². The van der Waals surface area contributed by atoms with Crippen molar-refractivity contribution in [2.75, 3.05) is 5.32 Å². The molecule has 0 aromatic heterocycles. The number of carbonyl (C=O) groups excluding carboxylic acids is 1. The van der Waals surface area contributed by atoms with Crippen molar-refractivity contribution in [1.82, 2.24) is 5.32 Å². The van der Waals surface area contributed by atoms with E-state index in [1.807, 2.05) is 18.2 Å². The second-order valence-electron chi connectivity index (χ2n) is 5.94. The van der Waals surface area contributed by atoms with Crippen molar-refractivity contribution in [3.05, 3.63) is 65.2 Å². The Bertz CT molecular complexity index is 645. The fourth-order valence-electron chi connectivity index (χ4n) is 3.42. The quantitative estimate of drug-likeness (QED) is 0.885. The van der Waals surface area contributed by atoms with Crippen LogP contribution >= 0.6 is 0 Å². The maximum atomic E-state index is 12.4. The Hall–Kier alpha value is -2.29. The highest BCUT2D eigenvalue weighted by Gasteiger charge is 2.29. The van der Waals surface area contributed by atoms with Crippen molar-refractivity contribution in [2.45, 2.75) is 31.3 Å². The predicted molar refractivity (Wildman–Crippen MR) is 83.3 cm³/mol. The number of benzene rings is 2. The van der Waals surface area contributed by atoms with Crippen LogP contribution in [0.5, 0.6) is 0 Å². The molecule has 2 aromatic rings. The van der Waals surface area contributed by atoms with Crippen LogP contribution in [0.2, 0.25) is 0 Å². The van der Waals surface area contributed by atoms with E-state index in [2.05, 4.69) is 41.0 Å². The van der Waals surface area contributed by atoms with Crippen LogP contribution in [0.3, 0.4) is 0 Å². The molecule has 0 radical (unpaired) electrons. The fourth-order valence-corrected chi connectivity index (χ4v) is 3.42. The van der Waals surface area contributed by atoms with Gasteiger partial charge >= 0.3 is 0 Å². The molecular formula is C18H18N2O. The summed E-state index contributed by atoms with van der Waals surface area (Å²) in [5.41, 5.74) is 5.05. The average Bonchev–Trinajstić information content (AvgIpc) is 3.10. The first-order chi connectivity index (χ1) is 10.3. The Morgan fingerprint density at radius 3 is 2.19 bits per heavy atom. The Balaban J connectivity index is 1.40. The summed E-state index contributed by atoms with van der Waals surface area (Å²) in [7, 11) is 0. The van der Waals surface area contributed by atoms with Gasteiger partial charge in [-0.3, -0.25) is 4.79 Å². The van der Waals surface area contributed by atoms with Gasteiger partial charge in [0, 0.05) is 18.2 Å². The van der Waals surface area contributed by atoms with Gasteiger partial charge in [0.05, 0.1) is 0 Å². The minimum atomic E-state index is -0.133. The lowest BCUT2D eigenvalue weighted by atomic mass is 10.1. The first kappa shape index (κ1) is 12.5. The molecule has 4 rings (SSSR count). The number of amides is 1. The van der Waals surface area contributed by atoms with E-state index in [0.29, 0.717) is 0 Å². The summed E-state index contributed by atoms with van der Waals surface area (Å²) in [5.74, 6) is 0.115. The molecule has 0 fully saturated rings. The predicted octanol–water partition coefficient (Wildman–Crippen LogP) is 2.31. The van der Waals surface area contributed by atoms with E-state index >= 15 is 0 Å². The second-order valence-corrected chi connectivity index (χ2v) is 5.94. The molecule has 3 heteroatoms. The Kier molecular flexibility index (Phi) is 2.92. The topological polar surface area (TPSA) is 41.1 Å². The fraction of sp³-hybridized carbons (Fsp3) is 0.278. The zero-order valence-electron chi connectivity index (χ0n) is 11.8. The average molecular weight is 278 g/mol. The van der Waals surface area contributed by atoms with Gasteiger partial charge in [-0.15, -0.1) is 0 Å². The molecular weight excluding hydrogens is 260 g/mol. The van der Waals surface area contributed by atoms with E-state index in [-0.39, 0.29) is 18.0 Å². The van der Waals surface area contributed by atoms with Crippen molar-refractivity contribution in [3.63, 3.8) is 0 Å². The molecule has 106 valence electrons. The lowest BCUT2D eigenvalue weighted by molar-refractivity contribution is -0.122. The molecule has 1 amide bonds. The number of rotatable bonds is 2. The summed E-state index contributed by atoms with van der Waals surface area (Å²) in [6.07, 6.45) is 2.67. The normalized spacial score (nSPS) is 19.7. The lowest BCUT2D eigenvalue weighted by Crippen LogP contribution is -2.44. The van der Waals surface area contributed by atoms with E-state index in [4.69, 9.17) is 0 Å². The monoisotopic (exact) mass is 278 g/mol. The largest absolute Gasteiger partial charge is 0.373 e. The SMILES string of the molecule is O=C(NC1Cc2ccccc2C1)[C@@H]1Cc2ccccc2N1. The van der Waals surface area contributed by atoms with Gasteiger partial charge in [-0.25, -0.2) is 0 Å². The summed E-state index contributed by atoms with van der Waals surface area (Å²) >= 11 is 0. The van der Waals surface area contributed by atoms with E-state index < -0.39 is 0 Å². The van der Waals surface area contributed by atoms with Crippen LogP contribution in [0, 0.1) is 0 Å². The van der Waals surface area contributed by atoms with Gasteiger partial charge < -0.3 is 10.6 Å². The molecule has 2 aliphatic rings. The summed E-state index contributed by atoms with van der Waals surface area (Å²) in [6.45, 7) is 0. The number of carbonyl (C=O) groups is 1. The van der Waals surface area contributed by atoms with Gasteiger partial charge in [0.1, 0.15) is 6.04 Å². The van der Waals surface area contributed by atoms with E-state index in [0.717, 1.165) is 24.9 Å². The first-order valence-electron chi connectivity index (χ1n) is 7.51. The molecule has 2 N–H and O–H groups in total. The van der Waals surface area contributed by atoms with Crippen LogP contribution in [0.15, 0.2) is 48.5 Å². The van der Waals surface area contributed by atoms with E-state index in [9.17, 15) is 4.79 Å². The summed E-state index contributed by atoms with van der Waals surface area (Å²) < 4.78 is 0. The number of para-hydroxylation sites is 1. The molecule has 0 bridgehead atoms. The molecule has 0 saturated carbocycles. The maximum Gasteiger partial charge on any atom is 0.243 e. The highest BCUT2D eigenvalue weighted by atomic mass is 16.2. The molecule has 21 heavy (non-hydrogen) atoms. The number of nitrogens with one attached hydrogen (secondary N) is 2. The molecule has 1 aliphatic carbocycles. The highest BCUT2D eigenvalue weighted by molar-refractivity contribution is 5.87. The van der Waals surface area contributed by atoms with E-state index in [1.165, 1.54) is 16.7 Å². The highest BCUT2D eigenvalue weighted by Crippen LogP contribution is 2.26. The van der Waals surface area contributed by atoms with Crippen LogP contribution in [0.1, 0.15) is 16.7 Å². The Morgan fingerprint density at radius 1 is 0.905 bits per heavy atom. The first-order valence-corrected chi connectivity index (χ1v) is 7.51. The van der Waals surface area contributed by atoms with Crippen molar-refractivity contribution >= 4 is 11.6 Å². The van der Waals surface area contributed by atoms with Crippen LogP contribution in [-0.2, 0) is 24.1 Å². The van der Waals surface area contributed by atoms with E-state index in [1.54, 1.807) is 0 Å². The second kappa shape index (κ2) is 4.92. The molecule has 3 nitrogen and oxygen atoms in total. The van der Waals surface area contributed by atoms with Crippen LogP contribution in [0.4, 0.5) is 5.69 Å². The minimum absolute atomic E-state index is 0.115. The van der Waals surface area contributed by atoms with Gasteiger partial charge in [-0.1, -0.05) is 42.5 Å². The zero-order chi connectivity index (χ0) is 14.2. The third-order valence-corrected chi connectivity index (χ3v) is 4.49. The smallest absolute Gasteiger partial charge is 0.243 e. The number of hydrogen-bond donors (Lipinski definition) is 2. The molecule has 1 aliphatic heterocycles. The zero-order valence-corrected chi connectivity index (χ0v) is 11.8. The lowest BCUT2D eigenvalue weighted by Gasteiger charge is -2.16. The third kappa shape index (κ3) is 2.29. The molecule has 0 saturated heterocycles. The van der Waals surface area contributed by atoms with Crippen molar-refractivity contribution in [1.29, 1.82) is 0 Å². The molecule has 1 atom stereocenters. The van der Waals surface area contributed by atoms with Crippen molar-refractivity contribution in [3.8, 4) is 0 Å². The standard InChI is InChI=1S/C18H18N2O/c21-18(17-11-14-7-3-4-8-16(14)20-17)19-15-9-12-5-1-2-6-13(12)10-15/h1-8,15,17,20H,9-11H2,(H,19,21)/t17-/m0/s1. The summed E-state index contributed by atoms with van der Waals surface area (Å²) in [6, 6.07) is 16.7.